The maximum Gasteiger partial charge on any atom is 0.410 e. The Bertz CT molecular complexity index is 1430. The van der Waals surface area contributed by atoms with E-state index in [1.807, 2.05) is 39.1 Å². The largest absolute Gasteiger partial charge is 0.444 e. The first-order chi connectivity index (χ1) is 17.6. The smallest absolute Gasteiger partial charge is 0.410 e. The molecule has 0 aliphatic carbocycles. The molecule has 1 N–H and O–H groups in total. The van der Waals surface area contributed by atoms with Crippen LogP contribution in [0.2, 0.25) is 0 Å². The van der Waals surface area contributed by atoms with Crippen molar-refractivity contribution >= 4 is 28.7 Å². The average molecular weight is 513 g/mol. The predicted octanol–water partition coefficient (Wildman–Crippen LogP) is 4.53. The van der Waals surface area contributed by atoms with Gasteiger partial charge in [-0.1, -0.05) is 0 Å². The number of hydrogen-bond acceptors (Lipinski definition) is 7. The second kappa shape index (κ2) is 9.56. The van der Waals surface area contributed by atoms with Gasteiger partial charge in [0.25, 0.3) is 6.43 Å². The van der Waals surface area contributed by atoms with E-state index in [4.69, 9.17) is 4.74 Å². The Morgan fingerprint density at radius 3 is 2.65 bits per heavy atom. The number of halogens is 2. The molecule has 37 heavy (non-hydrogen) atoms. The summed E-state index contributed by atoms with van der Waals surface area (Å²) in [6, 6.07) is 5.62. The number of amides is 1. The lowest BCUT2D eigenvalue weighted by Crippen LogP contribution is -2.44. The molecule has 0 bridgehead atoms. The third-order valence-corrected chi connectivity index (χ3v) is 6.28. The molecule has 0 spiro atoms. The van der Waals surface area contributed by atoms with E-state index in [0.29, 0.717) is 41.7 Å². The minimum atomic E-state index is -2.50. The second-order valence-electron chi connectivity index (χ2n) is 10.2. The monoisotopic (exact) mass is 512 g/mol. The molecule has 5 heterocycles. The number of imidazole rings is 1. The van der Waals surface area contributed by atoms with Gasteiger partial charge in [-0.15, -0.1) is 5.10 Å². The third kappa shape index (κ3) is 5.32. The number of carbonyl (C=O) groups excluding carboxylic acids is 1. The van der Waals surface area contributed by atoms with E-state index < -0.39 is 18.6 Å². The molecule has 4 aromatic heterocycles. The summed E-state index contributed by atoms with van der Waals surface area (Å²) in [5.74, 6) is 0.983. The molecule has 12 heteroatoms. The highest BCUT2D eigenvalue weighted by Crippen LogP contribution is 2.27. The number of aryl methyl sites for hydroxylation is 1. The van der Waals surface area contributed by atoms with Gasteiger partial charge in [-0.05, 0) is 58.7 Å². The summed E-state index contributed by atoms with van der Waals surface area (Å²) < 4.78 is 34.8. The Labute approximate surface area is 212 Å². The number of anilines is 1. The zero-order valence-electron chi connectivity index (χ0n) is 21.3. The molecule has 1 aliphatic heterocycles. The summed E-state index contributed by atoms with van der Waals surface area (Å²) in [6.45, 7) is 8.01. The van der Waals surface area contributed by atoms with Gasteiger partial charge in [0.1, 0.15) is 16.9 Å². The van der Waals surface area contributed by atoms with Crippen molar-refractivity contribution in [3.63, 3.8) is 0 Å². The maximum atomic E-state index is 13.1. The highest BCUT2D eigenvalue weighted by molar-refractivity contribution is 5.82. The molecule has 0 unspecified atom stereocenters. The standard InChI is InChI=1S/C25H30F2N8O2/c1-15-29-19-6-5-18(31-22(19)34(15)14-21(26)27)17-9-12-35-20(17)13-28-23(32-35)30-16-7-10-33(11-8-16)24(36)37-25(2,3)4/h5-6,9,12-13,16,21H,7-8,10-11,14H2,1-4H3,(H,30,32). The molecule has 1 saturated heterocycles. The molecule has 4 aromatic rings. The summed E-state index contributed by atoms with van der Waals surface area (Å²) in [6.07, 6.45) is 2.26. The Kier molecular flexibility index (Phi) is 6.42. The Morgan fingerprint density at radius 1 is 1.19 bits per heavy atom. The van der Waals surface area contributed by atoms with Crippen LogP contribution in [0, 0.1) is 6.92 Å². The molecular weight excluding hydrogens is 482 g/mol. The van der Waals surface area contributed by atoms with Crippen molar-refractivity contribution in [3.8, 4) is 11.3 Å². The van der Waals surface area contributed by atoms with Gasteiger partial charge < -0.3 is 19.5 Å². The van der Waals surface area contributed by atoms with Gasteiger partial charge in [-0.25, -0.2) is 33.0 Å². The molecule has 0 saturated carbocycles. The van der Waals surface area contributed by atoms with Crippen LogP contribution in [0.4, 0.5) is 19.5 Å². The van der Waals surface area contributed by atoms with Crippen LogP contribution >= 0.6 is 0 Å². The highest BCUT2D eigenvalue weighted by Gasteiger charge is 2.27. The zero-order valence-corrected chi connectivity index (χ0v) is 21.3. The molecule has 0 atom stereocenters. The van der Waals surface area contributed by atoms with Gasteiger partial charge in [0.2, 0.25) is 5.95 Å². The Morgan fingerprint density at radius 2 is 1.95 bits per heavy atom. The van der Waals surface area contributed by atoms with Crippen LogP contribution in [0.1, 0.15) is 39.4 Å². The summed E-state index contributed by atoms with van der Waals surface area (Å²) >= 11 is 0. The van der Waals surface area contributed by atoms with Gasteiger partial charge >= 0.3 is 6.09 Å². The molecule has 1 aliphatic rings. The fourth-order valence-corrected chi connectivity index (χ4v) is 4.52. The Hall–Kier alpha value is -3.83. The fourth-order valence-electron chi connectivity index (χ4n) is 4.52. The van der Waals surface area contributed by atoms with Crippen molar-refractivity contribution in [2.24, 2.45) is 0 Å². The lowest BCUT2D eigenvalue weighted by atomic mass is 10.1. The minimum Gasteiger partial charge on any atom is -0.444 e. The summed E-state index contributed by atoms with van der Waals surface area (Å²) in [5, 5.41) is 7.95. The van der Waals surface area contributed by atoms with Crippen LogP contribution in [0.15, 0.2) is 30.6 Å². The van der Waals surface area contributed by atoms with Crippen molar-refractivity contribution in [1.82, 2.24) is 34.0 Å². The molecule has 0 radical (unpaired) electrons. The number of nitrogens with one attached hydrogen (secondary N) is 1. The quantitative estimate of drug-likeness (QED) is 0.419. The number of fused-ring (bicyclic) bond motifs is 2. The minimum absolute atomic E-state index is 0.133. The number of hydrogen-bond donors (Lipinski definition) is 1. The first-order valence-electron chi connectivity index (χ1n) is 12.3. The van der Waals surface area contributed by atoms with Crippen molar-refractivity contribution in [2.45, 2.75) is 65.1 Å². The van der Waals surface area contributed by atoms with E-state index in [0.717, 1.165) is 23.9 Å². The van der Waals surface area contributed by atoms with Gasteiger partial charge in [0, 0.05) is 30.9 Å². The van der Waals surface area contributed by atoms with Crippen molar-refractivity contribution in [3.05, 3.63) is 36.4 Å². The molecule has 0 aromatic carbocycles. The summed E-state index contributed by atoms with van der Waals surface area (Å²) in [4.78, 5) is 27.5. The molecule has 1 fully saturated rings. The summed E-state index contributed by atoms with van der Waals surface area (Å²) in [7, 11) is 0. The number of nitrogens with zero attached hydrogens (tertiary/aromatic N) is 7. The zero-order chi connectivity index (χ0) is 26.3. The van der Waals surface area contributed by atoms with Crippen molar-refractivity contribution in [2.75, 3.05) is 18.4 Å². The third-order valence-electron chi connectivity index (χ3n) is 6.28. The van der Waals surface area contributed by atoms with Gasteiger partial charge in [-0.2, -0.15) is 0 Å². The van der Waals surface area contributed by atoms with E-state index in [-0.39, 0.29) is 12.1 Å². The number of ether oxygens (including phenoxy) is 1. The molecule has 10 nitrogen and oxygen atoms in total. The first-order valence-corrected chi connectivity index (χ1v) is 12.3. The number of piperidine rings is 1. The fraction of sp³-hybridized carbons (Fsp3) is 0.480. The Balaban J connectivity index is 1.30. The predicted molar refractivity (Wildman–Crippen MR) is 135 cm³/mol. The van der Waals surface area contributed by atoms with E-state index in [1.54, 1.807) is 28.6 Å². The maximum absolute atomic E-state index is 13.1. The van der Waals surface area contributed by atoms with Crippen molar-refractivity contribution in [1.29, 1.82) is 0 Å². The number of rotatable bonds is 5. The lowest BCUT2D eigenvalue weighted by Gasteiger charge is -2.33. The van der Waals surface area contributed by atoms with E-state index in [9.17, 15) is 13.6 Å². The van der Waals surface area contributed by atoms with Gasteiger partial charge in [0.05, 0.1) is 24.0 Å². The van der Waals surface area contributed by atoms with Crippen LogP contribution in [0.3, 0.4) is 0 Å². The topological polar surface area (TPSA) is 102 Å². The van der Waals surface area contributed by atoms with E-state index >= 15 is 0 Å². The van der Waals surface area contributed by atoms with Crippen LogP contribution in [0.25, 0.3) is 27.9 Å². The molecule has 196 valence electrons. The molecule has 5 rings (SSSR count). The summed E-state index contributed by atoms with van der Waals surface area (Å²) in [5.41, 5.74) is 2.65. The number of aromatic nitrogens is 6. The van der Waals surface area contributed by atoms with Crippen LogP contribution in [-0.2, 0) is 11.3 Å². The molecule has 1 amide bonds. The van der Waals surface area contributed by atoms with Crippen LogP contribution in [-0.4, -0.2) is 71.3 Å². The van der Waals surface area contributed by atoms with E-state index in [1.165, 1.54) is 4.57 Å². The average Bonchev–Trinajstić information content (AvgIpc) is 3.38. The van der Waals surface area contributed by atoms with Crippen molar-refractivity contribution < 1.29 is 18.3 Å². The number of likely N-dealkylation sites (tertiary alicyclic amines) is 1. The SMILES string of the molecule is Cc1nc2ccc(-c3ccn4nc(NC5CCN(C(=O)OC(C)(C)C)CC5)ncc34)nc2n1CC(F)F. The normalized spacial score (nSPS) is 15.2. The second-order valence-corrected chi connectivity index (χ2v) is 10.2. The highest BCUT2D eigenvalue weighted by atomic mass is 19.3. The lowest BCUT2D eigenvalue weighted by molar-refractivity contribution is 0.0210. The number of carbonyl (C=O) groups is 1. The number of alkyl halides is 2. The van der Waals surface area contributed by atoms with Gasteiger partial charge in [-0.3, -0.25) is 0 Å². The van der Waals surface area contributed by atoms with E-state index in [2.05, 4.69) is 25.4 Å². The van der Waals surface area contributed by atoms with Crippen LogP contribution < -0.4 is 5.32 Å². The first kappa shape index (κ1) is 24.8. The van der Waals surface area contributed by atoms with Crippen LogP contribution in [0.5, 0.6) is 0 Å². The molecular formula is C25H30F2N8O2. The van der Waals surface area contributed by atoms with Gasteiger partial charge in [0.15, 0.2) is 5.65 Å². The number of pyridine rings is 1.